The summed E-state index contributed by atoms with van der Waals surface area (Å²) < 4.78 is 21.2. The molecule has 0 aliphatic carbocycles. The third-order valence-corrected chi connectivity index (χ3v) is 4.20. The normalized spacial score (nSPS) is 11.9. The highest BCUT2D eigenvalue weighted by Crippen LogP contribution is 2.25. The molecule has 0 atom stereocenters. The lowest BCUT2D eigenvalue weighted by molar-refractivity contribution is 0.351. The molecule has 0 radical (unpaired) electrons. The second-order valence-electron chi connectivity index (χ2n) is 6.26. The lowest BCUT2D eigenvalue weighted by atomic mass is 10.0. The van der Waals surface area contributed by atoms with Crippen LogP contribution >= 0.6 is 0 Å². The Hall–Kier alpha value is -2.47. The Morgan fingerprint density at radius 1 is 1.25 bits per heavy atom. The number of fused-ring (bicyclic) bond motifs is 1. The van der Waals surface area contributed by atoms with Crippen molar-refractivity contribution in [3.05, 3.63) is 53.7 Å². The number of pyridine rings is 1. The number of methoxy groups -OCH3 is 1. The van der Waals surface area contributed by atoms with Crippen LogP contribution < -0.4 is 10.1 Å². The number of nitrogens with zero attached hydrogens (tertiary/aromatic N) is 3. The number of imidazole rings is 1. The molecule has 0 unspecified atom stereocenters. The van der Waals surface area contributed by atoms with Crippen molar-refractivity contribution in [1.29, 1.82) is 0 Å². The molecule has 2 heterocycles. The van der Waals surface area contributed by atoms with Gasteiger partial charge in [-0.15, -0.1) is 0 Å². The molecule has 126 valence electrons. The van der Waals surface area contributed by atoms with Gasteiger partial charge in [0.2, 0.25) is 5.88 Å². The van der Waals surface area contributed by atoms with E-state index in [1.165, 1.54) is 7.11 Å². The van der Waals surface area contributed by atoms with Crippen LogP contribution in [-0.2, 0) is 19.1 Å². The van der Waals surface area contributed by atoms with E-state index in [1.807, 2.05) is 45.2 Å². The zero-order chi connectivity index (χ0) is 17.3. The number of benzene rings is 1. The topological polar surface area (TPSA) is 52.0 Å². The highest BCUT2D eigenvalue weighted by atomic mass is 19.1. The van der Waals surface area contributed by atoms with E-state index in [0.717, 1.165) is 16.9 Å². The predicted octanol–water partition coefficient (Wildman–Crippen LogP) is 3.14. The highest BCUT2D eigenvalue weighted by molar-refractivity contribution is 5.76. The van der Waals surface area contributed by atoms with Crippen LogP contribution in [0.5, 0.6) is 5.88 Å². The van der Waals surface area contributed by atoms with Crippen molar-refractivity contribution in [1.82, 2.24) is 19.9 Å². The fourth-order valence-electron chi connectivity index (χ4n) is 2.84. The number of nitrogens with one attached hydrogen (secondary N) is 1. The van der Waals surface area contributed by atoms with E-state index in [0.29, 0.717) is 12.1 Å². The highest BCUT2D eigenvalue weighted by Gasteiger charge is 2.26. The lowest BCUT2D eigenvalue weighted by Gasteiger charge is -2.26. The van der Waals surface area contributed by atoms with Crippen LogP contribution in [0.25, 0.3) is 11.0 Å². The number of aromatic nitrogens is 3. The molecular weight excluding hydrogens is 307 g/mol. The van der Waals surface area contributed by atoms with E-state index in [2.05, 4.69) is 14.9 Å². The second-order valence-corrected chi connectivity index (χ2v) is 6.26. The molecule has 0 aliphatic rings. The molecule has 0 fully saturated rings. The molecule has 0 aliphatic heterocycles. The van der Waals surface area contributed by atoms with Gasteiger partial charge in [-0.2, -0.15) is 0 Å². The van der Waals surface area contributed by atoms with Gasteiger partial charge in [0.15, 0.2) is 5.82 Å². The van der Waals surface area contributed by atoms with Gasteiger partial charge in [0.05, 0.1) is 23.7 Å². The fraction of sp³-hybridized carbons (Fsp3) is 0.333. The molecule has 5 nitrogen and oxygen atoms in total. The summed E-state index contributed by atoms with van der Waals surface area (Å²) in [4.78, 5) is 8.58. The maximum absolute atomic E-state index is 14.2. The Balaban J connectivity index is 1.87. The maximum atomic E-state index is 14.2. The van der Waals surface area contributed by atoms with E-state index in [4.69, 9.17) is 9.72 Å². The number of hydrogen-bond donors (Lipinski definition) is 1. The first-order chi connectivity index (χ1) is 11.4. The molecule has 0 saturated heterocycles. The summed E-state index contributed by atoms with van der Waals surface area (Å²) in [6, 6.07) is 9.64. The molecule has 3 rings (SSSR count). The largest absolute Gasteiger partial charge is 0.479 e. The van der Waals surface area contributed by atoms with Crippen molar-refractivity contribution in [2.24, 2.45) is 7.05 Å². The Morgan fingerprint density at radius 3 is 2.71 bits per heavy atom. The average Bonchev–Trinajstić information content (AvgIpc) is 2.92. The van der Waals surface area contributed by atoms with Crippen molar-refractivity contribution in [2.75, 3.05) is 7.11 Å². The molecule has 6 heteroatoms. The van der Waals surface area contributed by atoms with Gasteiger partial charge < -0.3 is 14.6 Å². The van der Waals surface area contributed by atoms with Gasteiger partial charge in [0.1, 0.15) is 5.82 Å². The van der Waals surface area contributed by atoms with E-state index in [1.54, 1.807) is 12.3 Å². The molecular formula is C18H21FN4O. The van der Waals surface area contributed by atoms with Crippen molar-refractivity contribution in [2.45, 2.75) is 25.9 Å². The van der Waals surface area contributed by atoms with Crippen molar-refractivity contribution in [3.8, 4) is 5.88 Å². The molecule has 0 amide bonds. The summed E-state index contributed by atoms with van der Waals surface area (Å²) in [5, 5.41) is 3.38. The zero-order valence-corrected chi connectivity index (χ0v) is 14.3. The van der Waals surface area contributed by atoms with E-state index < -0.39 is 11.4 Å². The molecule has 3 aromatic rings. The van der Waals surface area contributed by atoms with Gasteiger partial charge >= 0.3 is 0 Å². The fourth-order valence-corrected chi connectivity index (χ4v) is 2.84. The van der Waals surface area contributed by atoms with Crippen molar-refractivity contribution < 1.29 is 9.13 Å². The number of para-hydroxylation sites is 2. The summed E-state index contributed by atoms with van der Waals surface area (Å²) in [6.45, 7) is 4.41. The average molecular weight is 328 g/mol. The smallest absolute Gasteiger partial charge is 0.250 e. The quantitative estimate of drug-likeness (QED) is 0.782. The van der Waals surface area contributed by atoms with Crippen LogP contribution in [0.1, 0.15) is 25.2 Å². The van der Waals surface area contributed by atoms with Gasteiger partial charge in [-0.05, 0) is 32.0 Å². The van der Waals surface area contributed by atoms with Crippen LogP contribution in [0.3, 0.4) is 0 Å². The molecule has 1 aromatic carbocycles. The Bertz CT molecular complexity index is 873. The monoisotopic (exact) mass is 328 g/mol. The third-order valence-electron chi connectivity index (χ3n) is 4.20. The summed E-state index contributed by atoms with van der Waals surface area (Å²) >= 11 is 0. The van der Waals surface area contributed by atoms with Crippen LogP contribution in [0.15, 0.2) is 36.5 Å². The van der Waals surface area contributed by atoms with Crippen LogP contribution in [0.4, 0.5) is 4.39 Å². The lowest BCUT2D eigenvalue weighted by Crippen LogP contribution is -2.38. The minimum atomic E-state index is -0.437. The molecule has 24 heavy (non-hydrogen) atoms. The van der Waals surface area contributed by atoms with Gasteiger partial charge in [-0.25, -0.2) is 14.4 Å². The van der Waals surface area contributed by atoms with E-state index in [9.17, 15) is 4.39 Å². The Morgan fingerprint density at radius 2 is 2.00 bits per heavy atom. The third kappa shape index (κ3) is 2.85. The Kier molecular flexibility index (Phi) is 4.24. The van der Waals surface area contributed by atoms with Crippen molar-refractivity contribution >= 4 is 11.0 Å². The van der Waals surface area contributed by atoms with E-state index >= 15 is 0 Å². The standard InChI is InChI=1S/C18H21FN4O/c1-18(2,17-22-13-7-5-6-8-14(13)23(17)3)21-11-12-9-10-20-16(24-4)15(12)19/h5-10,21H,11H2,1-4H3. The minimum Gasteiger partial charge on any atom is -0.479 e. The number of aryl methyl sites for hydroxylation is 1. The summed E-state index contributed by atoms with van der Waals surface area (Å²) in [6.07, 6.45) is 1.54. The number of ether oxygens (including phenoxy) is 1. The zero-order valence-electron chi connectivity index (χ0n) is 14.3. The first kappa shape index (κ1) is 16.4. The second kappa shape index (κ2) is 6.20. The number of hydrogen-bond acceptors (Lipinski definition) is 4. The summed E-state index contributed by atoms with van der Waals surface area (Å²) in [5.41, 5.74) is 2.09. The van der Waals surface area contributed by atoms with E-state index in [-0.39, 0.29) is 5.88 Å². The first-order valence-corrected chi connectivity index (χ1v) is 7.78. The van der Waals surface area contributed by atoms with Gasteiger partial charge in [0.25, 0.3) is 0 Å². The summed E-state index contributed by atoms with van der Waals surface area (Å²) in [7, 11) is 3.40. The van der Waals surface area contributed by atoms with Gasteiger partial charge in [-0.3, -0.25) is 0 Å². The SMILES string of the molecule is COc1nccc(CNC(C)(C)c2nc3ccccc3n2C)c1F. The number of rotatable bonds is 5. The molecule has 0 bridgehead atoms. The number of halogens is 1. The minimum absolute atomic E-state index is 0.00911. The van der Waals surface area contributed by atoms with Crippen LogP contribution in [-0.4, -0.2) is 21.6 Å². The van der Waals surface area contributed by atoms with Crippen LogP contribution in [0.2, 0.25) is 0 Å². The Labute approximate surface area is 140 Å². The molecule has 0 spiro atoms. The van der Waals surface area contributed by atoms with Gasteiger partial charge in [0, 0.05) is 25.4 Å². The summed E-state index contributed by atoms with van der Waals surface area (Å²) in [5.74, 6) is 0.466. The maximum Gasteiger partial charge on any atom is 0.250 e. The van der Waals surface area contributed by atoms with Gasteiger partial charge in [-0.1, -0.05) is 12.1 Å². The predicted molar refractivity (Wildman–Crippen MR) is 91.3 cm³/mol. The molecule has 1 N–H and O–H groups in total. The van der Waals surface area contributed by atoms with Crippen LogP contribution in [0, 0.1) is 5.82 Å². The molecule has 2 aromatic heterocycles. The first-order valence-electron chi connectivity index (χ1n) is 7.78. The van der Waals surface area contributed by atoms with Crippen molar-refractivity contribution in [3.63, 3.8) is 0 Å². The molecule has 0 saturated carbocycles.